The van der Waals surface area contributed by atoms with Crippen molar-refractivity contribution in [3.05, 3.63) is 42.0 Å². The summed E-state index contributed by atoms with van der Waals surface area (Å²) in [5.74, 6) is 0.119. The number of benzene rings is 1. The Morgan fingerprint density at radius 2 is 1.87 bits per heavy atom. The summed E-state index contributed by atoms with van der Waals surface area (Å²) in [4.78, 5) is 13.9. The summed E-state index contributed by atoms with van der Waals surface area (Å²) in [5, 5.41) is 0. The molecule has 0 saturated carbocycles. The normalized spacial score (nSPS) is 15.8. The van der Waals surface area contributed by atoms with Gasteiger partial charge in [-0.2, -0.15) is 0 Å². The summed E-state index contributed by atoms with van der Waals surface area (Å²) in [6.45, 7) is 8.73. The molecule has 2 rings (SSSR count). The molecule has 0 aromatic heterocycles. The predicted octanol–water partition coefficient (Wildman–Crippen LogP) is 2.56. The fourth-order valence-corrected chi connectivity index (χ4v) is 1.91. The molecule has 0 atom stereocenters. The first-order valence-corrected chi connectivity index (χ1v) is 5.19. The second-order valence-corrected chi connectivity index (χ2v) is 4.18. The van der Waals surface area contributed by atoms with Crippen molar-refractivity contribution in [3.63, 3.8) is 0 Å². The van der Waals surface area contributed by atoms with Gasteiger partial charge in [0, 0.05) is 18.2 Å². The molecule has 0 saturated heterocycles. The molecule has 1 amide bonds. The highest BCUT2D eigenvalue weighted by Crippen LogP contribution is 2.26. The van der Waals surface area contributed by atoms with Crippen molar-refractivity contribution in [2.24, 2.45) is 0 Å². The Bertz CT molecular complexity index is 420. The minimum Gasteiger partial charge on any atom is -0.332 e. The number of carbonyl (C=O) groups excluding carboxylic acids is 1. The van der Waals surface area contributed by atoms with Gasteiger partial charge in [0.05, 0.1) is 0 Å². The third kappa shape index (κ3) is 1.56. The van der Waals surface area contributed by atoms with E-state index < -0.39 is 0 Å². The summed E-state index contributed by atoms with van der Waals surface area (Å²) in [6.07, 6.45) is 0. The molecule has 2 nitrogen and oxygen atoms in total. The Morgan fingerprint density at radius 1 is 1.27 bits per heavy atom. The predicted molar refractivity (Wildman–Crippen MR) is 61.6 cm³/mol. The lowest BCUT2D eigenvalue weighted by molar-refractivity contribution is 0.0723. The van der Waals surface area contributed by atoms with E-state index in [1.807, 2.05) is 43.0 Å². The van der Waals surface area contributed by atoms with E-state index in [1.54, 1.807) is 0 Å². The van der Waals surface area contributed by atoms with Crippen molar-refractivity contribution in [3.8, 4) is 0 Å². The Labute approximate surface area is 90.2 Å². The lowest BCUT2D eigenvalue weighted by atomic mass is 9.95. The van der Waals surface area contributed by atoms with E-state index in [4.69, 9.17) is 0 Å². The number of amides is 1. The standard InChI is InChI=1S/C13H15NO/c1-9(2)14-8-10(3)11-6-4-5-7-12(11)13(14)15/h4-7,9H,3,8H2,1-2H3. The quantitative estimate of drug-likeness (QED) is 0.683. The molecule has 1 aliphatic heterocycles. The molecule has 0 aliphatic carbocycles. The summed E-state index contributed by atoms with van der Waals surface area (Å²) in [5.41, 5.74) is 2.81. The smallest absolute Gasteiger partial charge is 0.255 e. The average Bonchev–Trinajstić information content (AvgIpc) is 2.23. The molecule has 1 aliphatic rings. The fraction of sp³-hybridized carbons (Fsp3) is 0.308. The first-order valence-electron chi connectivity index (χ1n) is 5.19. The van der Waals surface area contributed by atoms with Gasteiger partial charge < -0.3 is 4.90 Å². The Balaban J connectivity index is 2.49. The van der Waals surface area contributed by atoms with Crippen LogP contribution in [0.4, 0.5) is 0 Å². The molecule has 0 spiro atoms. The maximum Gasteiger partial charge on any atom is 0.255 e. The number of carbonyl (C=O) groups is 1. The van der Waals surface area contributed by atoms with Gasteiger partial charge >= 0.3 is 0 Å². The number of hydrogen-bond donors (Lipinski definition) is 0. The van der Waals surface area contributed by atoms with E-state index in [9.17, 15) is 4.79 Å². The van der Waals surface area contributed by atoms with Crippen molar-refractivity contribution in [1.29, 1.82) is 0 Å². The average molecular weight is 201 g/mol. The largest absolute Gasteiger partial charge is 0.332 e. The minimum absolute atomic E-state index is 0.119. The molecule has 2 heteroatoms. The molecule has 15 heavy (non-hydrogen) atoms. The van der Waals surface area contributed by atoms with Crippen LogP contribution >= 0.6 is 0 Å². The maximum atomic E-state index is 12.1. The highest BCUT2D eigenvalue weighted by Gasteiger charge is 2.27. The molecule has 0 fully saturated rings. The van der Waals surface area contributed by atoms with Crippen molar-refractivity contribution in [2.45, 2.75) is 19.9 Å². The van der Waals surface area contributed by atoms with E-state index >= 15 is 0 Å². The van der Waals surface area contributed by atoms with Gasteiger partial charge in [-0.05, 0) is 31.1 Å². The molecule has 0 N–H and O–H groups in total. The highest BCUT2D eigenvalue weighted by molar-refractivity contribution is 6.02. The molecule has 0 bridgehead atoms. The van der Waals surface area contributed by atoms with Gasteiger partial charge in [-0.25, -0.2) is 0 Å². The summed E-state index contributed by atoms with van der Waals surface area (Å²) < 4.78 is 0. The van der Waals surface area contributed by atoms with Crippen LogP contribution in [0.25, 0.3) is 5.57 Å². The molecular formula is C13H15NO. The third-order valence-corrected chi connectivity index (χ3v) is 2.78. The van der Waals surface area contributed by atoms with Crippen LogP contribution in [-0.2, 0) is 0 Å². The van der Waals surface area contributed by atoms with Gasteiger partial charge in [0.2, 0.25) is 0 Å². The second-order valence-electron chi connectivity index (χ2n) is 4.18. The molecule has 1 aromatic rings. The lowest BCUT2D eigenvalue weighted by Gasteiger charge is -2.33. The van der Waals surface area contributed by atoms with Gasteiger partial charge in [-0.15, -0.1) is 0 Å². The minimum atomic E-state index is 0.119. The first-order chi connectivity index (χ1) is 7.11. The van der Waals surface area contributed by atoms with Crippen LogP contribution in [0.2, 0.25) is 0 Å². The second kappa shape index (κ2) is 3.54. The van der Waals surface area contributed by atoms with Crippen LogP contribution < -0.4 is 0 Å². The van der Waals surface area contributed by atoms with Crippen LogP contribution in [-0.4, -0.2) is 23.4 Å². The van der Waals surface area contributed by atoms with E-state index in [-0.39, 0.29) is 11.9 Å². The van der Waals surface area contributed by atoms with E-state index in [0.717, 1.165) is 16.7 Å². The molecule has 1 aromatic carbocycles. The maximum absolute atomic E-state index is 12.1. The monoisotopic (exact) mass is 201 g/mol. The topological polar surface area (TPSA) is 20.3 Å². The lowest BCUT2D eigenvalue weighted by Crippen LogP contribution is -2.41. The number of fused-ring (bicyclic) bond motifs is 1. The Morgan fingerprint density at radius 3 is 2.47 bits per heavy atom. The highest BCUT2D eigenvalue weighted by atomic mass is 16.2. The van der Waals surface area contributed by atoms with Crippen LogP contribution in [0.3, 0.4) is 0 Å². The van der Waals surface area contributed by atoms with Crippen LogP contribution in [0.1, 0.15) is 29.8 Å². The third-order valence-electron chi connectivity index (χ3n) is 2.78. The molecule has 0 radical (unpaired) electrons. The summed E-state index contributed by atoms with van der Waals surface area (Å²) in [6, 6.07) is 7.91. The van der Waals surface area contributed by atoms with Gasteiger partial charge in [-0.3, -0.25) is 4.79 Å². The van der Waals surface area contributed by atoms with Crippen LogP contribution in [0.5, 0.6) is 0 Å². The molecule has 0 unspecified atom stereocenters. The van der Waals surface area contributed by atoms with Gasteiger partial charge in [0.15, 0.2) is 0 Å². The molecule has 78 valence electrons. The van der Waals surface area contributed by atoms with Gasteiger partial charge in [0.1, 0.15) is 0 Å². The number of hydrogen-bond acceptors (Lipinski definition) is 1. The van der Waals surface area contributed by atoms with Gasteiger partial charge in [0.25, 0.3) is 5.91 Å². The van der Waals surface area contributed by atoms with Crippen LogP contribution in [0.15, 0.2) is 30.8 Å². The first kappa shape index (κ1) is 9.97. The van der Waals surface area contributed by atoms with Gasteiger partial charge in [-0.1, -0.05) is 24.8 Å². The fourth-order valence-electron chi connectivity index (χ4n) is 1.91. The van der Waals surface area contributed by atoms with Crippen molar-refractivity contribution in [2.75, 3.05) is 6.54 Å². The van der Waals surface area contributed by atoms with E-state index in [2.05, 4.69) is 6.58 Å². The van der Waals surface area contributed by atoms with Crippen molar-refractivity contribution in [1.82, 2.24) is 4.90 Å². The van der Waals surface area contributed by atoms with Crippen molar-refractivity contribution < 1.29 is 4.79 Å². The zero-order valence-corrected chi connectivity index (χ0v) is 9.16. The van der Waals surface area contributed by atoms with E-state index in [1.165, 1.54) is 0 Å². The van der Waals surface area contributed by atoms with E-state index in [0.29, 0.717) is 6.54 Å². The zero-order valence-electron chi connectivity index (χ0n) is 9.16. The summed E-state index contributed by atoms with van der Waals surface area (Å²) >= 11 is 0. The van der Waals surface area contributed by atoms with Crippen molar-refractivity contribution >= 4 is 11.5 Å². The molecule has 1 heterocycles. The number of rotatable bonds is 1. The zero-order chi connectivity index (χ0) is 11.0. The summed E-state index contributed by atoms with van der Waals surface area (Å²) in [7, 11) is 0. The Kier molecular flexibility index (Phi) is 2.35. The van der Waals surface area contributed by atoms with Crippen LogP contribution in [0, 0.1) is 0 Å². The number of nitrogens with zero attached hydrogens (tertiary/aromatic N) is 1. The Hall–Kier alpha value is -1.57. The molecular weight excluding hydrogens is 186 g/mol. The SMILES string of the molecule is C=C1CN(C(C)C)C(=O)c2ccccc21.